The quantitative estimate of drug-likeness (QED) is 0.775. The van der Waals surface area contributed by atoms with Crippen LogP contribution in [0.4, 0.5) is 5.69 Å². The number of carbonyl (C=O) groups is 1. The summed E-state index contributed by atoms with van der Waals surface area (Å²) in [5.74, 6) is 0.143. The van der Waals surface area contributed by atoms with Crippen molar-refractivity contribution >= 4 is 34.3 Å². The van der Waals surface area contributed by atoms with E-state index in [1.165, 1.54) is 0 Å². The van der Waals surface area contributed by atoms with Crippen LogP contribution in [0.2, 0.25) is 5.02 Å². The number of anilines is 1. The number of amides is 1. The fourth-order valence-corrected chi connectivity index (χ4v) is 2.21. The molecule has 2 aromatic carbocycles. The van der Waals surface area contributed by atoms with Crippen molar-refractivity contribution in [3.8, 4) is 11.5 Å². The van der Waals surface area contributed by atoms with E-state index in [2.05, 4.69) is 10.3 Å². The fourth-order valence-electron chi connectivity index (χ4n) is 2.04. The van der Waals surface area contributed by atoms with Gasteiger partial charge in [-0.3, -0.25) is 4.79 Å². The highest BCUT2D eigenvalue weighted by atomic mass is 35.5. The molecule has 1 amide bonds. The van der Waals surface area contributed by atoms with E-state index < -0.39 is 6.04 Å². The number of nitrogens with zero attached hydrogens (tertiary/aromatic N) is 1. The van der Waals surface area contributed by atoms with E-state index in [0.29, 0.717) is 33.3 Å². The maximum absolute atomic E-state index is 11.8. The molecular weight excluding hydrogens is 302 g/mol. The third-order valence-corrected chi connectivity index (χ3v) is 3.41. The van der Waals surface area contributed by atoms with Gasteiger partial charge in [-0.05, 0) is 37.3 Å². The largest absolute Gasteiger partial charge is 0.436 e. The maximum Gasteiger partial charge on any atom is 0.241 e. The molecule has 0 saturated carbocycles. The molecule has 22 heavy (non-hydrogen) atoms. The lowest BCUT2D eigenvalue weighted by Crippen LogP contribution is -2.32. The van der Waals surface area contributed by atoms with Crippen molar-refractivity contribution in [3.05, 3.63) is 47.5 Å². The lowest BCUT2D eigenvalue weighted by atomic mass is 10.1. The summed E-state index contributed by atoms with van der Waals surface area (Å²) in [5, 5.41) is 3.36. The predicted octanol–water partition coefficient (Wildman–Crippen LogP) is 3.43. The molecule has 0 spiro atoms. The van der Waals surface area contributed by atoms with Crippen molar-refractivity contribution in [1.82, 2.24) is 4.98 Å². The molecule has 0 radical (unpaired) electrons. The van der Waals surface area contributed by atoms with Crippen molar-refractivity contribution < 1.29 is 9.21 Å². The van der Waals surface area contributed by atoms with E-state index in [-0.39, 0.29) is 5.91 Å². The Balaban J connectivity index is 2.04. The fraction of sp³-hybridized carbons (Fsp3) is 0.125. The number of nitrogens with one attached hydrogen (secondary N) is 1. The summed E-state index contributed by atoms with van der Waals surface area (Å²) in [5.41, 5.74) is 8.16. The molecule has 0 bridgehead atoms. The van der Waals surface area contributed by atoms with Crippen LogP contribution in [-0.2, 0) is 4.79 Å². The number of nitrogens with two attached hydrogens (primary N) is 1. The van der Waals surface area contributed by atoms with Gasteiger partial charge in [-0.15, -0.1) is 0 Å². The minimum atomic E-state index is -0.601. The molecule has 0 aliphatic carbocycles. The van der Waals surface area contributed by atoms with E-state index in [4.69, 9.17) is 21.8 Å². The first-order chi connectivity index (χ1) is 10.5. The van der Waals surface area contributed by atoms with Crippen LogP contribution in [0.5, 0.6) is 0 Å². The van der Waals surface area contributed by atoms with Gasteiger partial charge in [0.1, 0.15) is 5.52 Å². The average Bonchev–Trinajstić information content (AvgIpc) is 2.90. The topological polar surface area (TPSA) is 81.2 Å². The molecule has 1 heterocycles. The molecular formula is C16H14ClN3O2. The number of carbonyl (C=O) groups excluding carboxylic acids is 1. The molecule has 112 valence electrons. The van der Waals surface area contributed by atoms with Gasteiger partial charge in [0.15, 0.2) is 5.58 Å². The van der Waals surface area contributed by atoms with Gasteiger partial charge in [0.2, 0.25) is 11.8 Å². The molecule has 6 heteroatoms. The monoisotopic (exact) mass is 315 g/mol. The number of halogens is 1. The zero-order chi connectivity index (χ0) is 15.7. The molecule has 3 aromatic rings. The number of hydrogen-bond acceptors (Lipinski definition) is 4. The number of fused-ring (bicyclic) bond motifs is 1. The van der Waals surface area contributed by atoms with Crippen molar-refractivity contribution in [2.75, 3.05) is 5.32 Å². The van der Waals surface area contributed by atoms with Gasteiger partial charge in [-0.25, -0.2) is 4.98 Å². The summed E-state index contributed by atoms with van der Waals surface area (Å²) >= 11 is 5.96. The summed E-state index contributed by atoms with van der Waals surface area (Å²) in [6.45, 7) is 1.62. The molecule has 0 aliphatic rings. The minimum absolute atomic E-state index is 0.272. The Labute approximate surface area is 132 Å². The van der Waals surface area contributed by atoms with E-state index in [1.807, 2.05) is 18.2 Å². The van der Waals surface area contributed by atoms with E-state index in [1.54, 1.807) is 31.2 Å². The van der Waals surface area contributed by atoms with Gasteiger partial charge in [0, 0.05) is 5.02 Å². The zero-order valence-electron chi connectivity index (χ0n) is 11.8. The normalized spacial score (nSPS) is 12.3. The first-order valence-corrected chi connectivity index (χ1v) is 7.14. The summed E-state index contributed by atoms with van der Waals surface area (Å²) in [4.78, 5) is 16.2. The van der Waals surface area contributed by atoms with Crippen LogP contribution in [0.3, 0.4) is 0 Å². The highest BCUT2D eigenvalue weighted by molar-refractivity contribution is 6.31. The standard InChI is InChI=1S/C16H14ClN3O2/c1-9(18)15(21)19-12-5-3-2-4-11(12)16-20-13-8-10(17)6-7-14(13)22-16/h2-9H,18H2,1H3,(H,19,21)/t9-/m0/s1. The number of aromatic nitrogens is 1. The summed E-state index contributed by atoms with van der Waals surface area (Å²) in [6, 6.07) is 11.9. The lowest BCUT2D eigenvalue weighted by molar-refractivity contribution is -0.117. The van der Waals surface area contributed by atoms with E-state index in [0.717, 1.165) is 0 Å². The second kappa shape index (κ2) is 5.79. The van der Waals surface area contributed by atoms with E-state index in [9.17, 15) is 4.79 Å². The zero-order valence-corrected chi connectivity index (χ0v) is 12.6. The molecule has 0 fully saturated rings. The Morgan fingerprint density at radius 2 is 2.09 bits per heavy atom. The minimum Gasteiger partial charge on any atom is -0.436 e. The van der Waals surface area contributed by atoms with Gasteiger partial charge in [-0.2, -0.15) is 0 Å². The van der Waals surface area contributed by atoms with Gasteiger partial charge < -0.3 is 15.5 Å². The van der Waals surface area contributed by atoms with Crippen molar-refractivity contribution in [1.29, 1.82) is 0 Å². The van der Waals surface area contributed by atoms with Crippen LogP contribution in [0.25, 0.3) is 22.6 Å². The highest BCUT2D eigenvalue weighted by Gasteiger charge is 2.15. The van der Waals surface area contributed by atoms with Gasteiger partial charge in [0.25, 0.3) is 0 Å². The Morgan fingerprint density at radius 3 is 2.86 bits per heavy atom. The third kappa shape index (κ3) is 2.81. The SMILES string of the molecule is C[C@H](N)C(=O)Nc1ccccc1-c1nc2cc(Cl)ccc2o1. The summed E-state index contributed by atoms with van der Waals surface area (Å²) in [6.07, 6.45) is 0. The number of rotatable bonds is 3. The summed E-state index contributed by atoms with van der Waals surface area (Å²) < 4.78 is 5.74. The van der Waals surface area contributed by atoms with Crippen LogP contribution in [0, 0.1) is 0 Å². The van der Waals surface area contributed by atoms with Crippen molar-refractivity contribution in [3.63, 3.8) is 0 Å². The molecule has 5 nitrogen and oxygen atoms in total. The van der Waals surface area contributed by atoms with Gasteiger partial charge in [-0.1, -0.05) is 23.7 Å². The Kier molecular flexibility index (Phi) is 3.83. The smallest absolute Gasteiger partial charge is 0.241 e. The van der Waals surface area contributed by atoms with Crippen LogP contribution >= 0.6 is 11.6 Å². The first-order valence-electron chi connectivity index (χ1n) is 6.76. The first kappa shape index (κ1) is 14.6. The molecule has 0 aliphatic heterocycles. The van der Waals surface area contributed by atoms with Crippen LogP contribution in [0.1, 0.15) is 6.92 Å². The third-order valence-electron chi connectivity index (χ3n) is 3.18. The Bertz CT molecular complexity index is 842. The maximum atomic E-state index is 11.8. The molecule has 0 saturated heterocycles. The number of hydrogen-bond donors (Lipinski definition) is 2. The number of benzene rings is 2. The summed E-state index contributed by atoms with van der Waals surface area (Å²) in [7, 11) is 0. The number of oxazole rings is 1. The van der Waals surface area contributed by atoms with Gasteiger partial charge in [0.05, 0.1) is 17.3 Å². The number of para-hydroxylation sites is 1. The average molecular weight is 316 g/mol. The second-order valence-electron chi connectivity index (χ2n) is 4.95. The van der Waals surface area contributed by atoms with Crippen LogP contribution in [0.15, 0.2) is 46.9 Å². The molecule has 1 aromatic heterocycles. The van der Waals surface area contributed by atoms with Crippen molar-refractivity contribution in [2.45, 2.75) is 13.0 Å². The van der Waals surface area contributed by atoms with Crippen molar-refractivity contribution in [2.24, 2.45) is 5.73 Å². The molecule has 0 unspecified atom stereocenters. The molecule has 3 rings (SSSR count). The van der Waals surface area contributed by atoms with Gasteiger partial charge >= 0.3 is 0 Å². The van der Waals surface area contributed by atoms with E-state index >= 15 is 0 Å². The lowest BCUT2D eigenvalue weighted by Gasteiger charge is -2.10. The van der Waals surface area contributed by atoms with Crippen LogP contribution < -0.4 is 11.1 Å². The predicted molar refractivity (Wildman–Crippen MR) is 86.7 cm³/mol. The Morgan fingerprint density at radius 1 is 1.32 bits per heavy atom. The highest BCUT2D eigenvalue weighted by Crippen LogP contribution is 2.31. The Hall–Kier alpha value is -2.37. The van der Waals surface area contributed by atoms with Crippen LogP contribution in [-0.4, -0.2) is 16.9 Å². The molecule has 3 N–H and O–H groups in total. The molecule has 1 atom stereocenters. The second-order valence-corrected chi connectivity index (χ2v) is 5.39.